The van der Waals surface area contributed by atoms with Crippen molar-refractivity contribution < 1.29 is 8.42 Å². The third kappa shape index (κ3) is 2.74. The molecule has 1 aliphatic heterocycles. The van der Waals surface area contributed by atoms with Gasteiger partial charge >= 0.3 is 0 Å². The first-order chi connectivity index (χ1) is 9.95. The molecule has 3 rings (SSSR count). The summed E-state index contributed by atoms with van der Waals surface area (Å²) in [6, 6.07) is 10.8. The van der Waals surface area contributed by atoms with Gasteiger partial charge in [-0.15, -0.1) is 0 Å². The van der Waals surface area contributed by atoms with E-state index in [1.807, 2.05) is 32.0 Å². The van der Waals surface area contributed by atoms with Crippen LogP contribution in [0.2, 0.25) is 0 Å². The number of anilines is 2. The minimum absolute atomic E-state index is 0.308. The molecule has 0 spiro atoms. The Morgan fingerprint density at radius 2 is 1.86 bits per heavy atom. The monoisotopic (exact) mass is 302 g/mol. The first-order valence-electron chi connectivity index (χ1n) is 6.92. The first kappa shape index (κ1) is 13.9. The molecule has 0 aromatic heterocycles. The zero-order chi connectivity index (χ0) is 15.0. The van der Waals surface area contributed by atoms with Crippen molar-refractivity contribution in [3.63, 3.8) is 0 Å². The molecule has 0 aliphatic carbocycles. The minimum Gasteiger partial charge on any atom is -0.384 e. The molecule has 0 atom stereocenters. The van der Waals surface area contributed by atoms with Gasteiger partial charge in [-0.2, -0.15) is 0 Å². The van der Waals surface area contributed by atoms with Crippen molar-refractivity contribution in [1.82, 2.24) is 0 Å². The first-order valence-corrected chi connectivity index (χ1v) is 8.41. The van der Waals surface area contributed by atoms with Crippen LogP contribution in [0.15, 0.2) is 41.3 Å². The van der Waals surface area contributed by atoms with Crippen molar-refractivity contribution in [2.24, 2.45) is 0 Å². The van der Waals surface area contributed by atoms with Gasteiger partial charge in [0.05, 0.1) is 4.90 Å². The van der Waals surface area contributed by atoms with E-state index in [-0.39, 0.29) is 0 Å². The highest BCUT2D eigenvalue weighted by molar-refractivity contribution is 7.92. The van der Waals surface area contributed by atoms with E-state index >= 15 is 0 Å². The third-order valence-electron chi connectivity index (χ3n) is 3.86. The Morgan fingerprint density at radius 1 is 1.05 bits per heavy atom. The number of benzene rings is 2. The summed E-state index contributed by atoms with van der Waals surface area (Å²) >= 11 is 0. The Morgan fingerprint density at radius 3 is 2.62 bits per heavy atom. The molecule has 1 aliphatic rings. The number of fused-ring (bicyclic) bond motifs is 1. The number of rotatable bonds is 3. The molecule has 0 saturated carbocycles. The fraction of sp³-hybridized carbons (Fsp3) is 0.250. The second kappa shape index (κ2) is 5.07. The summed E-state index contributed by atoms with van der Waals surface area (Å²) in [7, 11) is -3.54. The quantitative estimate of drug-likeness (QED) is 0.916. The number of sulfonamides is 1. The fourth-order valence-electron chi connectivity index (χ4n) is 2.47. The zero-order valence-electron chi connectivity index (χ0n) is 12.1. The van der Waals surface area contributed by atoms with Crippen LogP contribution in [0.25, 0.3) is 0 Å². The predicted molar refractivity (Wildman–Crippen MR) is 85.4 cm³/mol. The van der Waals surface area contributed by atoms with Crippen LogP contribution in [-0.2, 0) is 16.4 Å². The van der Waals surface area contributed by atoms with Gasteiger partial charge in [0.1, 0.15) is 0 Å². The minimum atomic E-state index is -3.54. The van der Waals surface area contributed by atoms with Crippen molar-refractivity contribution in [3.05, 3.63) is 53.1 Å². The van der Waals surface area contributed by atoms with Gasteiger partial charge in [0.15, 0.2) is 0 Å². The van der Waals surface area contributed by atoms with Crippen LogP contribution in [0.3, 0.4) is 0 Å². The summed E-state index contributed by atoms with van der Waals surface area (Å²) in [4.78, 5) is 0.308. The zero-order valence-corrected chi connectivity index (χ0v) is 12.9. The molecule has 1 heterocycles. The lowest BCUT2D eigenvalue weighted by Crippen LogP contribution is -2.13. The van der Waals surface area contributed by atoms with Crippen molar-refractivity contribution in [1.29, 1.82) is 0 Å². The summed E-state index contributed by atoms with van der Waals surface area (Å²) in [6.07, 6.45) is 0.863. The highest BCUT2D eigenvalue weighted by Gasteiger charge is 2.18. The molecule has 0 amide bonds. The smallest absolute Gasteiger partial charge is 0.261 e. The van der Waals surface area contributed by atoms with E-state index in [1.165, 1.54) is 0 Å². The fourth-order valence-corrected chi connectivity index (χ4v) is 3.57. The van der Waals surface area contributed by atoms with Gasteiger partial charge in [-0.05, 0) is 67.3 Å². The molecular weight excluding hydrogens is 284 g/mol. The maximum atomic E-state index is 12.5. The molecule has 2 aromatic carbocycles. The average Bonchev–Trinajstić information content (AvgIpc) is 2.90. The largest absolute Gasteiger partial charge is 0.384 e. The topological polar surface area (TPSA) is 58.2 Å². The van der Waals surface area contributed by atoms with Crippen molar-refractivity contribution in [2.45, 2.75) is 25.2 Å². The second-order valence-electron chi connectivity index (χ2n) is 5.40. The molecule has 2 aromatic rings. The van der Waals surface area contributed by atoms with E-state index in [2.05, 4.69) is 10.0 Å². The molecule has 4 nitrogen and oxygen atoms in total. The highest BCUT2D eigenvalue weighted by Crippen LogP contribution is 2.26. The molecular formula is C16H18N2O2S. The van der Waals surface area contributed by atoms with E-state index in [4.69, 9.17) is 0 Å². The van der Waals surface area contributed by atoms with E-state index in [1.54, 1.807) is 18.2 Å². The van der Waals surface area contributed by atoms with E-state index < -0.39 is 10.0 Å². The maximum Gasteiger partial charge on any atom is 0.261 e. The molecule has 21 heavy (non-hydrogen) atoms. The SMILES string of the molecule is Cc1ccc(NS(=O)(=O)c2ccc3c(c2)CCN3)cc1C. The maximum absolute atomic E-state index is 12.5. The van der Waals surface area contributed by atoms with Crippen molar-refractivity contribution >= 4 is 21.4 Å². The summed E-state index contributed by atoms with van der Waals surface area (Å²) in [5.74, 6) is 0. The molecule has 5 heteroatoms. The second-order valence-corrected chi connectivity index (χ2v) is 7.08. The predicted octanol–water partition coefficient (Wildman–Crippen LogP) is 3.07. The lowest BCUT2D eigenvalue weighted by Gasteiger charge is -2.11. The molecule has 0 unspecified atom stereocenters. The van der Waals surface area contributed by atoms with E-state index in [0.29, 0.717) is 10.6 Å². The average molecular weight is 302 g/mol. The number of nitrogens with one attached hydrogen (secondary N) is 2. The van der Waals surface area contributed by atoms with Crippen LogP contribution in [0.5, 0.6) is 0 Å². The lowest BCUT2D eigenvalue weighted by molar-refractivity contribution is 0.601. The number of hydrogen-bond donors (Lipinski definition) is 2. The van der Waals surface area contributed by atoms with Crippen molar-refractivity contribution in [3.8, 4) is 0 Å². The van der Waals surface area contributed by atoms with Gasteiger partial charge in [-0.3, -0.25) is 4.72 Å². The van der Waals surface area contributed by atoms with Crippen LogP contribution >= 0.6 is 0 Å². The van der Waals surface area contributed by atoms with Crippen LogP contribution in [0, 0.1) is 13.8 Å². The number of aryl methyl sites for hydroxylation is 2. The third-order valence-corrected chi connectivity index (χ3v) is 5.23. The van der Waals surface area contributed by atoms with Crippen LogP contribution in [0.1, 0.15) is 16.7 Å². The normalized spacial score (nSPS) is 13.6. The lowest BCUT2D eigenvalue weighted by atomic mass is 10.1. The Kier molecular flexibility index (Phi) is 3.37. The van der Waals surface area contributed by atoms with E-state index in [9.17, 15) is 8.42 Å². The van der Waals surface area contributed by atoms with Gasteiger partial charge in [0.25, 0.3) is 10.0 Å². The van der Waals surface area contributed by atoms with Gasteiger partial charge in [0, 0.05) is 17.9 Å². The number of hydrogen-bond acceptors (Lipinski definition) is 3. The summed E-state index contributed by atoms with van der Waals surface area (Å²) in [5.41, 5.74) is 4.88. The molecule has 0 bridgehead atoms. The van der Waals surface area contributed by atoms with Crippen LogP contribution in [-0.4, -0.2) is 15.0 Å². The Bertz CT molecular complexity index is 798. The van der Waals surface area contributed by atoms with Gasteiger partial charge in [0.2, 0.25) is 0 Å². The Balaban J connectivity index is 1.91. The molecule has 0 fully saturated rings. The highest BCUT2D eigenvalue weighted by atomic mass is 32.2. The van der Waals surface area contributed by atoms with Gasteiger partial charge < -0.3 is 5.32 Å². The van der Waals surface area contributed by atoms with Crippen LogP contribution < -0.4 is 10.0 Å². The summed E-state index contributed by atoms with van der Waals surface area (Å²) in [5, 5.41) is 3.23. The summed E-state index contributed by atoms with van der Waals surface area (Å²) < 4.78 is 27.6. The Labute approximate surface area is 125 Å². The standard InChI is InChI=1S/C16H18N2O2S/c1-11-3-4-14(9-12(11)2)18-21(19,20)15-5-6-16-13(10-15)7-8-17-16/h3-6,9-10,17-18H,7-8H2,1-2H3. The van der Waals surface area contributed by atoms with Gasteiger partial charge in [-0.1, -0.05) is 6.07 Å². The molecule has 2 N–H and O–H groups in total. The molecule has 0 radical (unpaired) electrons. The molecule has 110 valence electrons. The van der Waals surface area contributed by atoms with Crippen molar-refractivity contribution in [2.75, 3.05) is 16.6 Å². The van der Waals surface area contributed by atoms with Gasteiger partial charge in [-0.25, -0.2) is 8.42 Å². The Hall–Kier alpha value is -2.01. The van der Waals surface area contributed by atoms with E-state index in [0.717, 1.165) is 35.3 Å². The molecule has 0 saturated heterocycles. The van der Waals surface area contributed by atoms with Crippen LogP contribution in [0.4, 0.5) is 11.4 Å². The summed E-state index contributed by atoms with van der Waals surface area (Å²) in [6.45, 7) is 4.83.